The molecule has 1 atom stereocenters. The molecule has 0 spiro atoms. The van der Waals surface area contributed by atoms with Crippen LogP contribution in [0.4, 0.5) is 11.4 Å². The van der Waals surface area contributed by atoms with Crippen LogP contribution in [0, 0.1) is 0 Å². The largest absolute Gasteiger partial charge is 0.378 e. The summed E-state index contributed by atoms with van der Waals surface area (Å²) in [5.74, 6) is 0.0597. The Morgan fingerprint density at radius 3 is 2.40 bits per heavy atom. The van der Waals surface area contributed by atoms with Gasteiger partial charge in [-0.05, 0) is 31.2 Å². The van der Waals surface area contributed by atoms with Crippen LogP contribution in [0.5, 0.6) is 0 Å². The number of anilines is 2. The third-order valence-corrected chi connectivity index (χ3v) is 3.73. The molecule has 1 heterocycles. The summed E-state index contributed by atoms with van der Waals surface area (Å²) in [6.45, 7) is 5.72. The Labute approximate surface area is 120 Å². The first-order valence-electron chi connectivity index (χ1n) is 7.11. The fourth-order valence-corrected chi connectivity index (χ4v) is 2.32. The zero-order chi connectivity index (χ0) is 14.5. The Kier molecular flexibility index (Phi) is 4.98. The quantitative estimate of drug-likeness (QED) is 0.861. The molecule has 110 valence electrons. The fourth-order valence-electron chi connectivity index (χ4n) is 2.32. The Morgan fingerprint density at radius 2 is 1.85 bits per heavy atom. The van der Waals surface area contributed by atoms with Crippen molar-refractivity contribution >= 4 is 17.3 Å². The van der Waals surface area contributed by atoms with Crippen molar-refractivity contribution in [1.29, 1.82) is 0 Å². The topological polar surface area (TPSA) is 47.6 Å². The predicted octanol–water partition coefficient (Wildman–Crippen LogP) is 0.985. The van der Waals surface area contributed by atoms with E-state index < -0.39 is 0 Å². The van der Waals surface area contributed by atoms with Gasteiger partial charge in [-0.3, -0.25) is 9.69 Å². The highest BCUT2D eigenvalue weighted by Gasteiger charge is 2.22. The van der Waals surface area contributed by atoms with Crippen LogP contribution in [0.3, 0.4) is 0 Å². The van der Waals surface area contributed by atoms with Gasteiger partial charge in [0.25, 0.3) is 0 Å². The first kappa shape index (κ1) is 14.8. The van der Waals surface area contributed by atoms with E-state index in [1.54, 1.807) is 0 Å². The van der Waals surface area contributed by atoms with Crippen LogP contribution in [-0.2, 0) is 4.79 Å². The van der Waals surface area contributed by atoms with Crippen molar-refractivity contribution in [3.05, 3.63) is 24.3 Å². The van der Waals surface area contributed by atoms with Crippen molar-refractivity contribution in [2.75, 3.05) is 50.5 Å². The molecule has 0 aliphatic carbocycles. The minimum absolute atomic E-state index is 0.0597. The van der Waals surface area contributed by atoms with Gasteiger partial charge in [0.05, 0.1) is 6.04 Å². The van der Waals surface area contributed by atoms with Gasteiger partial charge in [0, 0.05) is 51.6 Å². The highest BCUT2D eigenvalue weighted by molar-refractivity contribution is 5.94. The first-order valence-corrected chi connectivity index (χ1v) is 7.11. The van der Waals surface area contributed by atoms with Crippen LogP contribution in [0.25, 0.3) is 0 Å². The Hall–Kier alpha value is -1.59. The second-order valence-electron chi connectivity index (χ2n) is 5.39. The highest BCUT2D eigenvalue weighted by atomic mass is 16.2. The molecule has 0 aromatic heterocycles. The van der Waals surface area contributed by atoms with E-state index in [9.17, 15) is 4.79 Å². The van der Waals surface area contributed by atoms with Gasteiger partial charge in [-0.25, -0.2) is 0 Å². The van der Waals surface area contributed by atoms with Crippen LogP contribution in [-0.4, -0.2) is 57.1 Å². The lowest BCUT2D eigenvalue weighted by Crippen LogP contribution is -2.51. The lowest BCUT2D eigenvalue weighted by Gasteiger charge is -2.31. The SMILES string of the molecule is CC(C(=O)Nc1ccc(N(C)C)cc1)N1CCNCC1. The van der Waals surface area contributed by atoms with E-state index >= 15 is 0 Å². The molecule has 20 heavy (non-hydrogen) atoms. The summed E-state index contributed by atoms with van der Waals surface area (Å²) in [4.78, 5) is 16.5. The molecule has 1 fully saturated rings. The molecule has 1 aromatic carbocycles. The van der Waals surface area contributed by atoms with E-state index in [1.165, 1.54) is 0 Å². The maximum atomic E-state index is 12.2. The number of benzene rings is 1. The van der Waals surface area contributed by atoms with Crippen molar-refractivity contribution < 1.29 is 4.79 Å². The first-order chi connectivity index (χ1) is 9.58. The second-order valence-corrected chi connectivity index (χ2v) is 5.39. The number of nitrogens with zero attached hydrogens (tertiary/aromatic N) is 2. The summed E-state index contributed by atoms with van der Waals surface area (Å²) in [6, 6.07) is 7.80. The van der Waals surface area contributed by atoms with Gasteiger partial charge in [-0.15, -0.1) is 0 Å². The van der Waals surface area contributed by atoms with E-state index in [1.807, 2.05) is 50.2 Å². The van der Waals surface area contributed by atoms with Crippen LogP contribution < -0.4 is 15.5 Å². The van der Waals surface area contributed by atoms with E-state index in [4.69, 9.17) is 0 Å². The van der Waals surface area contributed by atoms with Crippen molar-refractivity contribution in [2.24, 2.45) is 0 Å². The lowest BCUT2D eigenvalue weighted by molar-refractivity contribution is -0.120. The Bertz CT molecular complexity index is 438. The molecule has 0 radical (unpaired) electrons. The summed E-state index contributed by atoms with van der Waals surface area (Å²) in [5.41, 5.74) is 1.97. The summed E-state index contributed by atoms with van der Waals surface area (Å²) in [7, 11) is 4.00. The summed E-state index contributed by atoms with van der Waals surface area (Å²) in [6.07, 6.45) is 0. The number of piperazine rings is 1. The third-order valence-electron chi connectivity index (χ3n) is 3.73. The van der Waals surface area contributed by atoms with Crippen LogP contribution in [0.1, 0.15) is 6.92 Å². The summed E-state index contributed by atoms with van der Waals surface area (Å²) >= 11 is 0. The van der Waals surface area contributed by atoms with E-state index in [-0.39, 0.29) is 11.9 Å². The van der Waals surface area contributed by atoms with Crippen LogP contribution >= 0.6 is 0 Å². The van der Waals surface area contributed by atoms with Gasteiger partial charge in [0.1, 0.15) is 0 Å². The molecule has 0 bridgehead atoms. The molecule has 1 amide bonds. The molecule has 5 nitrogen and oxygen atoms in total. The molecular weight excluding hydrogens is 252 g/mol. The standard InChI is InChI=1S/C15H24N4O/c1-12(19-10-8-16-9-11-19)15(20)17-13-4-6-14(7-5-13)18(2)3/h4-7,12,16H,8-11H2,1-3H3,(H,17,20). The normalized spacial score (nSPS) is 17.6. The van der Waals surface area contributed by atoms with E-state index in [2.05, 4.69) is 15.5 Å². The number of nitrogens with one attached hydrogen (secondary N) is 2. The monoisotopic (exact) mass is 276 g/mol. The number of hydrogen-bond acceptors (Lipinski definition) is 4. The number of rotatable bonds is 4. The van der Waals surface area contributed by atoms with Gasteiger partial charge in [-0.2, -0.15) is 0 Å². The maximum absolute atomic E-state index is 12.2. The molecule has 2 rings (SSSR count). The van der Waals surface area contributed by atoms with Gasteiger partial charge < -0.3 is 15.5 Å². The van der Waals surface area contributed by atoms with Crippen molar-refractivity contribution in [3.8, 4) is 0 Å². The second kappa shape index (κ2) is 6.72. The minimum Gasteiger partial charge on any atom is -0.378 e. The zero-order valence-electron chi connectivity index (χ0n) is 12.5. The van der Waals surface area contributed by atoms with E-state index in [0.717, 1.165) is 37.6 Å². The average molecular weight is 276 g/mol. The third kappa shape index (κ3) is 3.71. The number of amides is 1. The van der Waals surface area contributed by atoms with Crippen LogP contribution in [0.15, 0.2) is 24.3 Å². The molecule has 1 aliphatic rings. The van der Waals surface area contributed by atoms with Gasteiger partial charge in [-0.1, -0.05) is 0 Å². The number of hydrogen-bond donors (Lipinski definition) is 2. The van der Waals surface area contributed by atoms with Crippen molar-refractivity contribution in [2.45, 2.75) is 13.0 Å². The zero-order valence-corrected chi connectivity index (χ0v) is 12.5. The lowest BCUT2D eigenvalue weighted by atomic mass is 10.2. The summed E-state index contributed by atoms with van der Waals surface area (Å²) in [5, 5.41) is 6.28. The highest BCUT2D eigenvalue weighted by Crippen LogP contribution is 2.16. The Balaban J connectivity index is 1.92. The van der Waals surface area contributed by atoms with Crippen LogP contribution in [0.2, 0.25) is 0 Å². The summed E-state index contributed by atoms with van der Waals surface area (Å²) < 4.78 is 0. The minimum atomic E-state index is -0.0920. The maximum Gasteiger partial charge on any atom is 0.241 e. The predicted molar refractivity (Wildman–Crippen MR) is 83.3 cm³/mol. The molecule has 1 aliphatic heterocycles. The van der Waals surface area contributed by atoms with Crippen molar-refractivity contribution in [3.63, 3.8) is 0 Å². The molecule has 5 heteroatoms. The molecule has 1 saturated heterocycles. The number of carbonyl (C=O) groups is 1. The van der Waals surface area contributed by atoms with Gasteiger partial charge in [0.2, 0.25) is 5.91 Å². The smallest absolute Gasteiger partial charge is 0.241 e. The molecule has 0 saturated carbocycles. The van der Waals surface area contributed by atoms with E-state index in [0.29, 0.717) is 0 Å². The van der Waals surface area contributed by atoms with Gasteiger partial charge >= 0.3 is 0 Å². The fraction of sp³-hybridized carbons (Fsp3) is 0.533. The molecule has 1 aromatic rings. The van der Waals surface area contributed by atoms with Gasteiger partial charge in [0.15, 0.2) is 0 Å². The average Bonchev–Trinajstić information content (AvgIpc) is 2.48. The molecular formula is C15H24N4O. The Morgan fingerprint density at radius 1 is 1.25 bits per heavy atom. The number of carbonyl (C=O) groups excluding carboxylic acids is 1. The molecule has 2 N–H and O–H groups in total. The van der Waals surface area contributed by atoms with Crippen molar-refractivity contribution in [1.82, 2.24) is 10.2 Å². The molecule has 1 unspecified atom stereocenters.